The number of rotatable bonds is 5. The Labute approximate surface area is 108 Å². The van der Waals surface area contributed by atoms with Crippen LogP contribution in [0.2, 0.25) is 5.15 Å². The maximum absolute atomic E-state index is 5.90. The molecule has 0 spiro atoms. The van der Waals surface area contributed by atoms with Crippen molar-refractivity contribution < 1.29 is 0 Å². The van der Waals surface area contributed by atoms with Crippen molar-refractivity contribution in [3.63, 3.8) is 0 Å². The van der Waals surface area contributed by atoms with Crippen LogP contribution in [0.5, 0.6) is 0 Å². The quantitative estimate of drug-likeness (QED) is 0.817. The Hall–Kier alpha value is -0.710. The molecule has 1 aromatic heterocycles. The van der Waals surface area contributed by atoms with Gasteiger partial charge < -0.3 is 5.73 Å². The molecule has 1 aromatic rings. The summed E-state index contributed by atoms with van der Waals surface area (Å²) in [6.45, 7) is 8.46. The lowest BCUT2D eigenvalue weighted by molar-refractivity contribution is 0.206. The Balaban J connectivity index is 2.65. The second kappa shape index (κ2) is 5.76. The normalized spacial score (nSPS) is 12.2. The number of hydrogen-bond donors (Lipinski definition) is 1. The third-order valence-electron chi connectivity index (χ3n) is 2.53. The van der Waals surface area contributed by atoms with E-state index in [2.05, 4.69) is 28.7 Å². The zero-order chi connectivity index (χ0) is 13.1. The Bertz CT molecular complexity index is 359. The van der Waals surface area contributed by atoms with Crippen LogP contribution in [0.25, 0.3) is 0 Å². The minimum Gasteiger partial charge on any atom is -0.330 e. The molecule has 96 valence electrons. The molecule has 0 aromatic carbocycles. The second-order valence-corrected chi connectivity index (χ2v) is 5.68. The molecule has 2 N–H and O–H groups in total. The molecule has 0 amide bonds. The van der Waals surface area contributed by atoms with Gasteiger partial charge in [-0.2, -0.15) is 0 Å². The first-order valence-corrected chi connectivity index (χ1v) is 6.09. The molecule has 1 heterocycles. The first kappa shape index (κ1) is 14.4. The SMILES string of the molecule is Cc1cc(Cl)nc(CN(C)CC(C)(C)CN)n1. The molecule has 1 rings (SSSR count). The van der Waals surface area contributed by atoms with E-state index in [0.717, 1.165) is 18.1 Å². The summed E-state index contributed by atoms with van der Waals surface area (Å²) in [7, 11) is 2.04. The summed E-state index contributed by atoms with van der Waals surface area (Å²) in [5.74, 6) is 0.755. The van der Waals surface area contributed by atoms with Crippen molar-refractivity contribution in [1.29, 1.82) is 0 Å². The van der Waals surface area contributed by atoms with Crippen LogP contribution < -0.4 is 5.73 Å². The van der Waals surface area contributed by atoms with Crippen LogP contribution >= 0.6 is 11.6 Å². The zero-order valence-electron chi connectivity index (χ0n) is 11.0. The van der Waals surface area contributed by atoms with E-state index in [-0.39, 0.29) is 5.41 Å². The number of aryl methyl sites for hydroxylation is 1. The minimum absolute atomic E-state index is 0.0996. The highest BCUT2D eigenvalue weighted by molar-refractivity contribution is 6.29. The van der Waals surface area contributed by atoms with Gasteiger partial charge in [0.2, 0.25) is 0 Å². The Morgan fingerprint density at radius 1 is 1.41 bits per heavy atom. The van der Waals surface area contributed by atoms with Crippen molar-refractivity contribution in [2.45, 2.75) is 27.3 Å². The topological polar surface area (TPSA) is 55.0 Å². The van der Waals surface area contributed by atoms with Gasteiger partial charge in [0.05, 0.1) is 6.54 Å². The van der Waals surface area contributed by atoms with E-state index < -0.39 is 0 Å². The van der Waals surface area contributed by atoms with E-state index >= 15 is 0 Å². The van der Waals surface area contributed by atoms with Gasteiger partial charge >= 0.3 is 0 Å². The van der Waals surface area contributed by atoms with Crippen LogP contribution in [-0.4, -0.2) is 35.0 Å². The molecule has 0 radical (unpaired) electrons. The average Bonchev–Trinajstić information content (AvgIpc) is 2.14. The Morgan fingerprint density at radius 2 is 2.06 bits per heavy atom. The van der Waals surface area contributed by atoms with E-state index in [0.29, 0.717) is 18.2 Å². The van der Waals surface area contributed by atoms with E-state index in [1.165, 1.54) is 0 Å². The van der Waals surface area contributed by atoms with Crippen molar-refractivity contribution >= 4 is 11.6 Å². The lowest BCUT2D eigenvalue weighted by atomic mass is 9.93. The standard InChI is InChI=1S/C12H21ClN4/c1-9-5-10(13)16-11(15-9)6-17(4)8-12(2,3)7-14/h5H,6-8,14H2,1-4H3. The summed E-state index contributed by atoms with van der Waals surface area (Å²) in [5, 5.41) is 0.499. The number of halogens is 1. The summed E-state index contributed by atoms with van der Waals surface area (Å²) in [4.78, 5) is 10.7. The number of nitrogens with two attached hydrogens (primary N) is 1. The molecule has 0 unspecified atom stereocenters. The smallest absolute Gasteiger partial charge is 0.144 e. The van der Waals surface area contributed by atoms with Crippen molar-refractivity contribution in [3.8, 4) is 0 Å². The van der Waals surface area contributed by atoms with Crippen LogP contribution in [0.1, 0.15) is 25.4 Å². The molecule has 4 nitrogen and oxygen atoms in total. The van der Waals surface area contributed by atoms with E-state index in [1.807, 2.05) is 14.0 Å². The van der Waals surface area contributed by atoms with Crippen molar-refractivity contribution in [2.24, 2.45) is 11.1 Å². The van der Waals surface area contributed by atoms with Gasteiger partial charge in [0.1, 0.15) is 11.0 Å². The molecule has 17 heavy (non-hydrogen) atoms. The second-order valence-electron chi connectivity index (χ2n) is 5.29. The van der Waals surface area contributed by atoms with Crippen LogP contribution in [-0.2, 0) is 6.54 Å². The number of aromatic nitrogens is 2. The Morgan fingerprint density at radius 3 is 2.59 bits per heavy atom. The van der Waals surface area contributed by atoms with Crippen molar-refractivity contribution in [1.82, 2.24) is 14.9 Å². The molecular formula is C12H21ClN4. The highest BCUT2D eigenvalue weighted by Crippen LogP contribution is 2.15. The average molecular weight is 257 g/mol. The predicted octanol–water partition coefficient (Wildman–Crippen LogP) is 1.86. The van der Waals surface area contributed by atoms with Crippen LogP contribution in [0, 0.1) is 12.3 Å². The van der Waals surface area contributed by atoms with Crippen LogP contribution in [0.15, 0.2) is 6.07 Å². The van der Waals surface area contributed by atoms with Gasteiger partial charge in [-0.05, 0) is 32.0 Å². The van der Waals surface area contributed by atoms with Gasteiger partial charge in [0.25, 0.3) is 0 Å². The molecule has 0 atom stereocenters. The third-order valence-corrected chi connectivity index (χ3v) is 2.72. The first-order valence-electron chi connectivity index (χ1n) is 5.71. The van der Waals surface area contributed by atoms with Gasteiger partial charge in [-0.1, -0.05) is 25.4 Å². The molecular weight excluding hydrogens is 236 g/mol. The van der Waals surface area contributed by atoms with Gasteiger partial charge in [0, 0.05) is 12.2 Å². The van der Waals surface area contributed by atoms with Gasteiger partial charge in [-0.15, -0.1) is 0 Å². The van der Waals surface area contributed by atoms with Gasteiger partial charge in [-0.3, -0.25) is 4.90 Å². The fourth-order valence-corrected chi connectivity index (χ4v) is 2.01. The van der Waals surface area contributed by atoms with E-state index in [9.17, 15) is 0 Å². The summed E-state index contributed by atoms with van der Waals surface area (Å²) in [5.41, 5.74) is 6.71. The minimum atomic E-state index is 0.0996. The van der Waals surface area contributed by atoms with Crippen molar-refractivity contribution in [2.75, 3.05) is 20.1 Å². The number of hydrogen-bond acceptors (Lipinski definition) is 4. The van der Waals surface area contributed by atoms with Crippen molar-refractivity contribution in [3.05, 3.63) is 22.7 Å². The van der Waals surface area contributed by atoms with Gasteiger partial charge in [0.15, 0.2) is 0 Å². The maximum Gasteiger partial charge on any atom is 0.144 e. The monoisotopic (exact) mass is 256 g/mol. The molecule has 0 saturated heterocycles. The summed E-state index contributed by atoms with van der Waals surface area (Å²) in [6.07, 6.45) is 0. The Kier molecular flexibility index (Phi) is 4.86. The lowest BCUT2D eigenvalue weighted by Gasteiger charge is -2.28. The predicted molar refractivity (Wildman–Crippen MR) is 70.9 cm³/mol. The van der Waals surface area contributed by atoms with Crippen LogP contribution in [0.3, 0.4) is 0 Å². The zero-order valence-corrected chi connectivity index (χ0v) is 11.8. The highest BCUT2D eigenvalue weighted by atomic mass is 35.5. The molecule has 5 heteroatoms. The fourth-order valence-electron chi connectivity index (χ4n) is 1.75. The van der Waals surface area contributed by atoms with Crippen LogP contribution in [0.4, 0.5) is 0 Å². The fraction of sp³-hybridized carbons (Fsp3) is 0.667. The number of nitrogens with zero attached hydrogens (tertiary/aromatic N) is 3. The van der Waals surface area contributed by atoms with E-state index in [1.54, 1.807) is 6.07 Å². The highest BCUT2D eigenvalue weighted by Gasteiger charge is 2.18. The molecule has 0 fully saturated rings. The lowest BCUT2D eigenvalue weighted by Crippen LogP contribution is -2.36. The summed E-state index contributed by atoms with van der Waals surface area (Å²) < 4.78 is 0. The van der Waals surface area contributed by atoms with Gasteiger partial charge in [-0.25, -0.2) is 9.97 Å². The molecule has 0 bridgehead atoms. The molecule has 0 aliphatic rings. The third kappa shape index (κ3) is 4.98. The molecule has 0 aliphatic carbocycles. The summed E-state index contributed by atoms with van der Waals surface area (Å²) in [6, 6.07) is 1.76. The largest absolute Gasteiger partial charge is 0.330 e. The maximum atomic E-state index is 5.90. The molecule has 0 aliphatic heterocycles. The summed E-state index contributed by atoms with van der Waals surface area (Å²) >= 11 is 5.90. The molecule has 0 saturated carbocycles. The first-order chi connectivity index (χ1) is 7.82. The van der Waals surface area contributed by atoms with E-state index in [4.69, 9.17) is 17.3 Å².